The first-order chi connectivity index (χ1) is 11.9. The number of anilines is 1. The first-order valence-electron chi connectivity index (χ1n) is 7.38. The lowest BCUT2D eigenvalue weighted by molar-refractivity contribution is 0.600. The zero-order chi connectivity index (χ0) is 18.0. The van der Waals surface area contributed by atoms with Gasteiger partial charge in [0.1, 0.15) is 11.6 Å². The van der Waals surface area contributed by atoms with E-state index in [-0.39, 0.29) is 16.5 Å². The Hall–Kier alpha value is -2.44. The van der Waals surface area contributed by atoms with Gasteiger partial charge < -0.3 is 0 Å². The Balaban J connectivity index is 1.96. The van der Waals surface area contributed by atoms with Gasteiger partial charge in [-0.15, -0.1) is 0 Å². The summed E-state index contributed by atoms with van der Waals surface area (Å²) in [6.07, 6.45) is 0. The van der Waals surface area contributed by atoms with Gasteiger partial charge in [-0.3, -0.25) is 4.72 Å². The van der Waals surface area contributed by atoms with Crippen molar-refractivity contribution >= 4 is 27.4 Å². The smallest absolute Gasteiger partial charge is 0.263 e. The molecule has 0 atom stereocenters. The summed E-state index contributed by atoms with van der Waals surface area (Å²) in [4.78, 5) is 4.34. The minimum atomic E-state index is -3.84. The maximum Gasteiger partial charge on any atom is 0.263 e. The number of sulfonamides is 1. The topological polar surface area (TPSA) is 59.1 Å². The van der Waals surface area contributed by atoms with Crippen LogP contribution in [0, 0.1) is 12.7 Å². The predicted octanol–water partition coefficient (Wildman–Crippen LogP) is 4.65. The lowest BCUT2D eigenvalue weighted by atomic mass is 10.1. The molecule has 7 heteroatoms. The fourth-order valence-electron chi connectivity index (χ4n) is 2.37. The van der Waals surface area contributed by atoms with Crippen molar-refractivity contribution in [2.45, 2.75) is 11.8 Å². The molecular weight excluding hydrogens is 363 g/mol. The summed E-state index contributed by atoms with van der Waals surface area (Å²) in [5.41, 5.74) is 1.47. The van der Waals surface area contributed by atoms with Crippen LogP contribution in [0.25, 0.3) is 11.3 Å². The molecule has 0 amide bonds. The van der Waals surface area contributed by atoms with Gasteiger partial charge in [0.2, 0.25) is 0 Å². The van der Waals surface area contributed by atoms with Gasteiger partial charge in [-0.1, -0.05) is 35.9 Å². The third kappa shape index (κ3) is 3.81. The summed E-state index contributed by atoms with van der Waals surface area (Å²) >= 11 is 6.00. The monoisotopic (exact) mass is 376 g/mol. The van der Waals surface area contributed by atoms with Crippen LogP contribution in [0.5, 0.6) is 0 Å². The molecule has 2 aromatic carbocycles. The molecule has 0 spiro atoms. The molecule has 4 nitrogen and oxygen atoms in total. The SMILES string of the molecule is Cc1c(Cl)cccc1S(=O)(=O)Nc1cccc(-c2cccc(F)c2)n1. The zero-order valence-electron chi connectivity index (χ0n) is 13.2. The van der Waals surface area contributed by atoms with Crippen LogP contribution < -0.4 is 4.72 Å². The molecular formula is C18H14ClFN2O2S. The molecule has 25 heavy (non-hydrogen) atoms. The molecule has 0 radical (unpaired) electrons. The van der Waals surface area contributed by atoms with Gasteiger partial charge in [-0.2, -0.15) is 0 Å². The molecule has 0 aliphatic heterocycles. The van der Waals surface area contributed by atoms with Gasteiger partial charge in [0, 0.05) is 10.6 Å². The highest BCUT2D eigenvalue weighted by molar-refractivity contribution is 7.92. The van der Waals surface area contributed by atoms with Crippen LogP contribution in [0.1, 0.15) is 5.56 Å². The highest BCUT2D eigenvalue weighted by atomic mass is 35.5. The van der Waals surface area contributed by atoms with Crippen molar-refractivity contribution in [3.05, 3.63) is 77.1 Å². The second-order valence-corrected chi connectivity index (χ2v) is 7.44. The maximum absolute atomic E-state index is 13.4. The summed E-state index contributed by atoms with van der Waals surface area (Å²) in [6, 6.07) is 15.5. The van der Waals surface area contributed by atoms with E-state index in [1.807, 2.05) is 0 Å². The molecule has 0 unspecified atom stereocenters. The van der Waals surface area contributed by atoms with E-state index in [1.54, 1.807) is 43.3 Å². The largest absolute Gasteiger partial charge is 0.263 e. The first-order valence-corrected chi connectivity index (χ1v) is 9.24. The minimum Gasteiger partial charge on any atom is -0.263 e. The van der Waals surface area contributed by atoms with Crippen LogP contribution in [0.15, 0.2) is 65.6 Å². The fraction of sp³-hybridized carbons (Fsp3) is 0.0556. The van der Waals surface area contributed by atoms with Crippen molar-refractivity contribution in [1.82, 2.24) is 4.98 Å². The third-order valence-corrected chi connectivity index (χ3v) is 5.52. The van der Waals surface area contributed by atoms with Crippen LogP contribution in [0.2, 0.25) is 5.02 Å². The number of aromatic nitrogens is 1. The molecule has 3 rings (SSSR count). The van der Waals surface area contributed by atoms with Crippen LogP contribution in [-0.4, -0.2) is 13.4 Å². The fourth-order valence-corrected chi connectivity index (χ4v) is 3.87. The molecule has 3 aromatic rings. The van der Waals surface area contributed by atoms with Crippen LogP contribution in [0.3, 0.4) is 0 Å². The van der Waals surface area contributed by atoms with Crippen LogP contribution in [0.4, 0.5) is 10.2 Å². The predicted molar refractivity (Wildman–Crippen MR) is 96.6 cm³/mol. The maximum atomic E-state index is 13.4. The number of nitrogens with one attached hydrogen (secondary N) is 1. The van der Waals surface area contributed by atoms with Gasteiger partial charge in [0.15, 0.2) is 0 Å². The number of halogens is 2. The summed E-state index contributed by atoms with van der Waals surface area (Å²) in [7, 11) is -3.84. The lowest BCUT2D eigenvalue weighted by Gasteiger charge is -2.11. The van der Waals surface area contributed by atoms with Crippen molar-refractivity contribution in [1.29, 1.82) is 0 Å². The van der Waals surface area contributed by atoms with Crippen molar-refractivity contribution in [2.24, 2.45) is 0 Å². The summed E-state index contributed by atoms with van der Waals surface area (Å²) in [6.45, 7) is 1.63. The molecule has 128 valence electrons. The van der Waals surface area contributed by atoms with Crippen LogP contribution in [-0.2, 0) is 10.0 Å². The Morgan fingerprint density at radius 2 is 1.76 bits per heavy atom. The average molecular weight is 377 g/mol. The Labute approximate surface area is 150 Å². The van der Waals surface area contributed by atoms with E-state index in [0.29, 0.717) is 21.8 Å². The molecule has 0 aliphatic carbocycles. The molecule has 1 heterocycles. The Morgan fingerprint density at radius 3 is 2.52 bits per heavy atom. The standard InChI is InChI=1S/C18H14ClFN2O2S/c1-12-15(19)7-3-9-17(12)25(23,24)22-18-10-4-8-16(21-18)13-5-2-6-14(20)11-13/h2-11H,1H3,(H,21,22). The van der Waals surface area contributed by atoms with Gasteiger partial charge in [-0.05, 0) is 48.9 Å². The number of hydrogen-bond donors (Lipinski definition) is 1. The van der Waals surface area contributed by atoms with Crippen molar-refractivity contribution in [3.63, 3.8) is 0 Å². The van der Waals surface area contributed by atoms with E-state index < -0.39 is 10.0 Å². The Morgan fingerprint density at radius 1 is 1.04 bits per heavy atom. The van der Waals surface area contributed by atoms with Crippen molar-refractivity contribution in [3.8, 4) is 11.3 Å². The normalized spacial score (nSPS) is 11.3. The van der Waals surface area contributed by atoms with Crippen molar-refractivity contribution in [2.75, 3.05) is 4.72 Å². The third-order valence-electron chi connectivity index (χ3n) is 3.62. The Bertz CT molecular complexity index is 1040. The van der Waals surface area contributed by atoms with E-state index in [2.05, 4.69) is 9.71 Å². The van der Waals surface area contributed by atoms with E-state index in [1.165, 1.54) is 24.3 Å². The summed E-state index contributed by atoms with van der Waals surface area (Å²) in [5.74, 6) is -0.249. The van der Waals surface area contributed by atoms with Crippen LogP contribution >= 0.6 is 11.6 Å². The van der Waals surface area contributed by atoms with E-state index in [4.69, 9.17) is 11.6 Å². The molecule has 0 fully saturated rings. The number of hydrogen-bond acceptors (Lipinski definition) is 3. The van der Waals surface area contributed by atoms with E-state index in [9.17, 15) is 12.8 Å². The van der Waals surface area contributed by atoms with Gasteiger partial charge >= 0.3 is 0 Å². The number of benzene rings is 2. The van der Waals surface area contributed by atoms with Crippen molar-refractivity contribution < 1.29 is 12.8 Å². The minimum absolute atomic E-state index is 0.0814. The summed E-state index contributed by atoms with van der Waals surface area (Å²) in [5, 5.41) is 0.365. The van der Waals surface area contributed by atoms with Gasteiger partial charge in [-0.25, -0.2) is 17.8 Å². The average Bonchev–Trinajstić information content (AvgIpc) is 2.57. The molecule has 0 saturated carbocycles. The van der Waals surface area contributed by atoms with E-state index in [0.717, 1.165) is 0 Å². The van der Waals surface area contributed by atoms with Gasteiger partial charge in [0.05, 0.1) is 10.6 Å². The summed E-state index contributed by atoms with van der Waals surface area (Å²) < 4.78 is 41.0. The molecule has 1 N–H and O–H groups in total. The van der Waals surface area contributed by atoms with Gasteiger partial charge in [0.25, 0.3) is 10.0 Å². The zero-order valence-corrected chi connectivity index (χ0v) is 14.8. The molecule has 0 bridgehead atoms. The molecule has 0 saturated heterocycles. The number of nitrogens with zero attached hydrogens (tertiary/aromatic N) is 1. The number of pyridine rings is 1. The highest BCUT2D eigenvalue weighted by Crippen LogP contribution is 2.25. The Kier molecular flexibility index (Phi) is 4.74. The lowest BCUT2D eigenvalue weighted by Crippen LogP contribution is -2.15. The number of rotatable bonds is 4. The highest BCUT2D eigenvalue weighted by Gasteiger charge is 2.19. The van der Waals surface area contributed by atoms with E-state index >= 15 is 0 Å². The second kappa shape index (κ2) is 6.82. The quantitative estimate of drug-likeness (QED) is 0.721. The second-order valence-electron chi connectivity index (χ2n) is 5.39. The molecule has 0 aliphatic rings. The first kappa shape index (κ1) is 17.4. The molecule has 1 aromatic heterocycles.